The molecule has 1 aliphatic heterocycles. The smallest absolute Gasteiger partial charge is 0.406 e. The number of likely N-dealkylation sites (tertiary alicyclic amines) is 1. The maximum atomic E-state index is 15.6. The summed E-state index contributed by atoms with van der Waals surface area (Å²) in [6.45, 7) is 1.35. The van der Waals surface area contributed by atoms with Gasteiger partial charge in [-0.1, -0.05) is 24.3 Å². The fourth-order valence-corrected chi connectivity index (χ4v) is 6.43. The number of rotatable bonds is 10. The van der Waals surface area contributed by atoms with Gasteiger partial charge in [-0.15, -0.1) is 0 Å². The van der Waals surface area contributed by atoms with Crippen molar-refractivity contribution in [3.05, 3.63) is 53.8 Å². The molecule has 2 aromatic carbocycles. The summed E-state index contributed by atoms with van der Waals surface area (Å²) < 4.78 is 25.7. The molecule has 2 amide bonds. The van der Waals surface area contributed by atoms with Gasteiger partial charge in [-0.2, -0.15) is 0 Å². The fourth-order valence-electron chi connectivity index (χ4n) is 6.43. The molecule has 1 unspecified atom stereocenters. The molecule has 8 nitrogen and oxygen atoms in total. The number of methoxy groups -OCH3 is 2. The summed E-state index contributed by atoms with van der Waals surface area (Å²) in [6.07, 6.45) is 4.29. The molecule has 0 bridgehead atoms. The minimum absolute atomic E-state index is 0.0185. The topological polar surface area (TPSA) is 100 Å². The van der Waals surface area contributed by atoms with Gasteiger partial charge in [0.1, 0.15) is 11.6 Å². The quantitative estimate of drug-likeness (QED) is 0.375. The summed E-state index contributed by atoms with van der Waals surface area (Å²) in [4.78, 5) is 27.1. The number of halogens is 1. The van der Waals surface area contributed by atoms with E-state index in [1.54, 1.807) is 43.5 Å². The van der Waals surface area contributed by atoms with Gasteiger partial charge in [0.2, 0.25) is 5.91 Å². The van der Waals surface area contributed by atoms with E-state index in [4.69, 9.17) is 4.74 Å². The molecule has 40 heavy (non-hydrogen) atoms. The second-order valence-electron chi connectivity index (χ2n) is 11.0. The standard InChI is InChI=1S/C31H42FN3O5/c1-33-24-14-13-22(18-24)29(36)35-17-6-9-23(20-35)31(38,15-7-16-34-30(37)40-3)26-11-5-12-27(32)28(26)21-8-4-10-25(19-21)39-2/h4-5,8,10-12,19,22-24,33,38H,6-7,9,13-18,20H2,1-3H3,(H,34,37)/t22-,23?,24+,31+/m1/s1. The number of amides is 2. The minimum atomic E-state index is -1.44. The average Bonchev–Trinajstić information content (AvgIpc) is 3.48. The molecule has 3 N–H and O–H groups in total. The van der Waals surface area contributed by atoms with Crippen LogP contribution in [0.1, 0.15) is 50.5 Å². The van der Waals surface area contributed by atoms with E-state index in [0.717, 1.165) is 25.7 Å². The van der Waals surface area contributed by atoms with Gasteiger partial charge in [-0.3, -0.25) is 4.79 Å². The van der Waals surface area contributed by atoms with Crippen LogP contribution in [0.4, 0.5) is 9.18 Å². The third kappa shape index (κ3) is 6.58. The summed E-state index contributed by atoms with van der Waals surface area (Å²) in [7, 11) is 4.79. The van der Waals surface area contributed by atoms with E-state index in [9.17, 15) is 14.7 Å². The van der Waals surface area contributed by atoms with Crippen molar-refractivity contribution in [1.29, 1.82) is 0 Å². The van der Waals surface area contributed by atoms with Crippen LogP contribution in [0.25, 0.3) is 11.1 Å². The molecule has 4 rings (SSSR count). The Morgan fingerprint density at radius 1 is 1.15 bits per heavy atom. The number of alkyl carbamates (subject to hydrolysis) is 1. The molecule has 0 aromatic heterocycles. The van der Waals surface area contributed by atoms with Crippen LogP contribution in [0.2, 0.25) is 0 Å². The van der Waals surface area contributed by atoms with Crippen molar-refractivity contribution >= 4 is 12.0 Å². The summed E-state index contributed by atoms with van der Waals surface area (Å²) in [5.41, 5.74) is -0.0398. The van der Waals surface area contributed by atoms with E-state index in [0.29, 0.717) is 61.0 Å². The van der Waals surface area contributed by atoms with Gasteiger partial charge in [0.05, 0.1) is 19.8 Å². The Balaban J connectivity index is 1.67. The highest BCUT2D eigenvalue weighted by Gasteiger charge is 2.44. The van der Waals surface area contributed by atoms with E-state index in [-0.39, 0.29) is 24.2 Å². The molecule has 1 saturated heterocycles. The molecule has 4 atom stereocenters. The molecule has 1 saturated carbocycles. The van der Waals surface area contributed by atoms with Crippen molar-refractivity contribution in [2.75, 3.05) is 40.9 Å². The van der Waals surface area contributed by atoms with Gasteiger partial charge in [-0.05, 0) is 81.3 Å². The lowest BCUT2D eigenvalue weighted by molar-refractivity contribution is -0.140. The highest BCUT2D eigenvalue weighted by molar-refractivity contribution is 5.79. The fraction of sp³-hybridized carbons (Fsp3) is 0.548. The number of hydrogen-bond donors (Lipinski definition) is 3. The van der Waals surface area contributed by atoms with Crippen molar-refractivity contribution < 1.29 is 28.6 Å². The normalized spacial score (nSPS) is 22.4. The number of nitrogens with one attached hydrogen (secondary N) is 2. The monoisotopic (exact) mass is 555 g/mol. The van der Waals surface area contributed by atoms with E-state index >= 15 is 4.39 Å². The number of piperidine rings is 1. The van der Waals surface area contributed by atoms with Crippen LogP contribution in [0.3, 0.4) is 0 Å². The van der Waals surface area contributed by atoms with Crippen molar-refractivity contribution in [2.45, 2.75) is 56.6 Å². The van der Waals surface area contributed by atoms with Gasteiger partial charge in [0.25, 0.3) is 0 Å². The van der Waals surface area contributed by atoms with E-state index in [1.165, 1.54) is 13.2 Å². The second kappa shape index (κ2) is 13.5. The zero-order valence-corrected chi connectivity index (χ0v) is 23.7. The number of nitrogens with zero attached hydrogens (tertiary/aromatic N) is 1. The molecule has 218 valence electrons. The number of benzene rings is 2. The van der Waals surface area contributed by atoms with Crippen LogP contribution < -0.4 is 15.4 Å². The second-order valence-corrected chi connectivity index (χ2v) is 11.0. The number of aliphatic hydroxyl groups is 1. The first-order chi connectivity index (χ1) is 19.3. The van der Waals surface area contributed by atoms with Crippen molar-refractivity contribution in [3.63, 3.8) is 0 Å². The summed E-state index contributed by atoms with van der Waals surface area (Å²) in [5, 5.41) is 18.5. The number of hydrogen-bond acceptors (Lipinski definition) is 6. The molecular formula is C31H42FN3O5. The highest BCUT2D eigenvalue weighted by Crippen LogP contribution is 2.45. The van der Waals surface area contributed by atoms with Crippen LogP contribution in [-0.4, -0.2) is 69.0 Å². The lowest BCUT2D eigenvalue weighted by atomic mass is 9.72. The zero-order valence-electron chi connectivity index (χ0n) is 23.7. The Hall–Kier alpha value is -3.17. The van der Waals surface area contributed by atoms with E-state index in [2.05, 4.69) is 15.4 Å². The average molecular weight is 556 g/mol. The molecule has 0 radical (unpaired) electrons. The van der Waals surface area contributed by atoms with Gasteiger partial charge in [0, 0.05) is 43.1 Å². The molecule has 2 fully saturated rings. The Morgan fingerprint density at radius 2 is 1.95 bits per heavy atom. The maximum Gasteiger partial charge on any atom is 0.406 e. The molecule has 1 heterocycles. The summed E-state index contributed by atoms with van der Waals surface area (Å²) in [5.74, 6) is -0.0384. The first-order valence-corrected chi connectivity index (χ1v) is 14.2. The third-order valence-corrected chi connectivity index (χ3v) is 8.63. The van der Waals surface area contributed by atoms with E-state index in [1.807, 2.05) is 11.9 Å². The highest BCUT2D eigenvalue weighted by atomic mass is 19.1. The largest absolute Gasteiger partial charge is 0.497 e. The predicted octanol–water partition coefficient (Wildman–Crippen LogP) is 4.45. The van der Waals surface area contributed by atoms with Crippen LogP contribution >= 0.6 is 0 Å². The third-order valence-electron chi connectivity index (χ3n) is 8.63. The number of carbonyl (C=O) groups is 2. The summed E-state index contributed by atoms with van der Waals surface area (Å²) in [6, 6.07) is 12.3. The first-order valence-electron chi connectivity index (χ1n) is 14.2. The molecule has 9 heteroatoms. The number of ether oxygens (including phenoxy) is 2. The predicted molar refractivity (Wildman–Crippen MR) is 151 cm³/mol. The Bertz CT molecular complexity index is 1180. The van der Waals surface area contributed by atoms with Crippen molar-refractivity contribution in [3.8, 4) is 16.9 Å². The SMILES string of the molecule is CN[C@H]1CC[C@@H](C(=O)N2CCCC([C@@](O)(CCCNC(=O)OC)c3cccc(F)c3-c3cccc(OC)c3)C2)C1. The van der Waals surface area contributed by atoms with E-state index < -0.39 is 17.5 Å². The Kier molecular flexibility index (Phi) is 10.0. The molecule has 0 spiro atoms. The van der Waals surface area contributed by atoms with Gasteiger partial charge in [0.15, 0.2) is 0 Å². The van der Waals surface area contributed by atoms with Crippen LogP contribution in [0, 0.1) is 17.7 Å². The maximum absolute atomic E-state index is 15.6. The Morgan fingerprint density at radius 3 is 2.67 bits per heavy atom. The summed E-state index contributed by atoms with van der Waals surface area (Å²) >= 11 is 0. The van der Waals surface area contributed by atoms with Crippen LogP contribution in [0.5, 0.6) is 5.75 Å². The van der Waals surface area contributed by atoms with Gasteiger partial charge >= 0.3 is 6.09 Å². The lowest BCUT2D eigenvalue weighted by Crippen LogP contribution is -2.50. The molecule has 2 aromatic rings. The molecule has 2 aliphatic rings. The van der Waals surface area contributed by atoms with Crippen molar-refractivity contribution in [2.24, 2.45) is 11.8 Å². The van der Waals surface area contributed by atoms with Crippen LogP contribution in [-0.2, 0) is 15.1 Å². The van der Waals surface area contributed by atoms with Gasteiger partial charge < -0.3 is 30.1 Å². The van der Waals surface area contributed by atoms with Crippen LogP contribution in [0.15, 0.2) is 42.5 Å². The minimum Gasteiger partial charge on any atom is -0.497 e. The lowest BCUT2D eigenvalue weighted by Gasteiger charge is -2.44. The zero-order chi connectivity index (χ0) is 28.7. The van der Waals surface area contributed by atoms with Crippen molar-refractivity contribution in [1.82, 2.24) is 15.5 Å². The molecule has 1 aliphatic carbocycles. The first kappa shape index (κ1) is 29.8. The van der Waals surface area contributed by atoms with Gasteiger partial charge in [-0.25, -0.2) is 9.18 Å². The number of carbonyl (C=O) groups excluding carboxylic acids is 2. The molecular weight excluding hydrogens is 513 g/mol. The Labute approximate surface area is 236 Å².